The van der Waals surface area contributed by atoms with Crippen LogP contribution in [0.1, 0.15) is 31.1 Å². The second-order valence-corrected chi connectivity index (χ2v) is 11.6. The molecule has 0 unspecified atom stereocenters. The van der Waals surface area contributed by atoms with E-state index in [4.69, 9.17) is 23.2 Å². The lowest BCUT2D eigenvalue weighted by Crippen LogP contribution is -2.34. The standard InChI is InChI=1S/C15H24Cl2N3OP/c1-15(2,3)22(19(4)5,20(6)7)18-14(21)11-8-12(16)10-13(17)9-11/h8-10H,1-7H3. The molecule has 4 nitrogen and oxygen atoms in total. The van der Waals surface area contributed by atoms with Crippen molar-refractivity contribution in [3.63, 3.8) is 0 Å². The molecule has 1 aromatic rings. The van der Waals surface area contributed by atoms with Crippen molar-refractivity contribution in [1.82, 2.24) is 9.34 Å². The molecule has 0 saturated carbocycles. The Morgan fingerprint density at radius 1 is 1.00 bits per heavy atom. The SMILES string of the molecule is CN(C)P(=NC(=O)c1cc(Cl)cc(Cl)c1)(N(C)C)C(C)(C)C. The number of hydrogen-bond acceptors (Lipinski definition) is 1. The van der Waals surface area contributed by atoms with Gasteiger partial charge in [0.15, 0.2) is 0 Å². The molecular formula is C15H24Cl2N3OP. The molecule has 1 rings (SSSR count). The van der Waals surface area contributed by atoms with Crippen LogP contribution in [-0.2, 0) is 0 Å². The zero-order valence-corrected chi connectivity index (χ0v) is 16.6. The molecule has 0 fully saturated rings. The van der Waals surface area contributed by atoms with Gasteiger partial charge in [0.2, 0.25) is 0 Å². The quantitative estimate of drug-likeness (QED) is 0.701. The summed E-state index contributed by atoms with van der Waals surface area (Å²) in [5.41, 5.74) is 0.412. The summed E-state index contributed by atoms with van der Waals surface area (Å²) in [6, 6.07) is 4.80. The highest BCUT2D eigenvalue weighted by molar-refractivity contribution is 7.63. The Bertz CT molecular complexity index is 589. The molecule has 1 aromatic carbocycles. The van der Waals surface area contributed by atoms with E-state index in [1.165, 1.54) is 0 Å². The van der Waals surface area contributed by atoms with Crippen LogP contribution in [0.5, 0.6) is 0 Å². The Morgan fingerprint density at radius 3 is 1.73 bits per heavy atom. The average Bonchev–Trinajstić information content (AvgIpc) is 2.31. The van der Waals surface area contributed by atoms with Crippen molar-refractivity contribution in [2.24, 2.45) is 4.74 Å². The molecule has 0 bridgehead atoms. The van der Waals surface area contributed by atoms with E-state index in [1.54, 1.807) is 18.2 Å². The molecule has 0 aliphatic carbocycles. The predicted octanol–water partition coefficient (Wildman–Crippen LogP) is 5.09. The fourth-order valence-corrected chi connectivity index (χ4v) is 7.42. The number of hydrogen-bond donors (Lipinski definition) is 0. The van der Waals surface area contributed by atoms with Gasteiger partial charge >= 0.3 is 0 Å². The van der Waals surface area contributed by atoms with Gasteiger partial charge in [-0.05, 0) is 46.4 Å². The van der Waals surface area contributed by atoms with Gasteiger partial charge in [0, 0.05) is 20.8 Å². The molecule has 22 heavy (non-hydrogen) atoms. The van der Waals surface area contributed by atoms with E-state index < -0.39 is 7.36 Å². The minimum absolute atomic E-state index is 0.183. The van der Waals surface area contributed by atoms with Gasteiger partial charge in [0.25, 0.3) is 5.91 Å². The minimum atomic E-state index is -2.22. The van der Waals surface area contributed by atoms with Crippen molar-refractivity contribution < 1.29 is 4.79 Å². The Kier molecular flexibility index (Phi) is 6.28. The zero-order chi connectivity index (χ0) is 17.3. The van der Waals surface area contributed by atoms with E-state index >= 15 is 0 Å². The monoisotopic (exact) mass is 363 g/mol. The van der Waals surface area contributed by atoms with E-state index in [1.807, 2.05) is 28.2 Å². The Labute approximate surface area is 143 Å². The van der Waals surface area contributed by atoms with E-state index in [9.17, 15) is 4.79 Å². The van der Waals surface area contributed by atoms with Crippen LogP contribution in [0.3, 0.4) is 0 Å². The van der Waals surface area contributed by atoms with Crippen LogP contribution in [0.15, 0.2) is 22.9 Å². The molecule has 0 saturated heterocycles. The van der Waals surface area contributed by atoms with Crippen LogP contribution in [0.25, 0.3) is 0 Å². The molecule has 0 radical (unpaired) electrons. The van der Waals surface area contributed by atoms with Crippen LogP contribution in [0.4, 0.5) is 0 Å². The van der Waals surface area contributed by atoms with Gasteiger partial charge in [-0.2, -0.15) is 4.74 Å². The first-order valence-corrected chi connectivity index (χ1v) is 9.30. The summed E-state index contributed by atoms with van der Waals surface area (Å²) in [5, 5.41) is 0.679. The third-order valence-electron chi connectivity index (χ3n) is 3.36. The molecule has 0 N–H and O–H groups in total. The van der Waals surface area contributed by atoms with Crippen molar-refractivity contribution >= 4 is 36.5 Å². The molecular weight excluding hydrogens is 340 g/mol. The number of halogens is 2. The molecule has 7 heteroatoms. The number of amides is 1. The first-order valence-electron chi connectivity index (χ1n) is 6.90. The summed E-state index contributed by atoms with van der Waals surface area (Å²) in [5.74, 6) is -0.296. The normalized spacial score (nSPS) is 12.9. The van der Waals surface area contributed by atoms with Gasteiger partial charge in [0.1, 0.15) is 7.36 Å². The highest BCUT2D eigenvalue weighted by Gasteiger charge is 2.39. The van der Waals surface area contributed by atoms with Gasteiger partial charge < -0.3 is 0 Å². The first kappa shape index (κ1) is 19.7. The average molecular weight is 364 g/mol. The van der Waals surface area contributed by atoms with Crippen molar-refractivity contribution in [3.05, 3.63) is 33.8 Å². The lowest BCUT2D eigenvalue weighted by Gasteiger charge is -2.45. The predicted molar refractivity (Wildman–Crippen MR) is 97.3 cm³/mol. The van der Waals surface area contributed by atoms with E-state index in [0.717, 1.165) is 0 Å². The number of carbonyl (C=O) groups excluding carboxylic acids is 1. The van der Waals surface area contributed by atoms with Crippen molar-refractivity contribution in [2.75, 3.05) is 28.2 Å². The highest BCUT2D eigenvalue weighted by Crippen LogP contribution is 2.63. The number of rotatable bonds is 3. The number of carbonyl (C=O) groups is 1. The summed E-state index contributed by atoms with van der Waals surface area (Å²) in [4.78, 5) is 12.7. The maximum absolute atomic E-state index is 12.7. The topological polar surface area (TPSA) is 35.9 Å². The minimum Gasteiger partial charge on any atom is -0.267 e. The largest absolute Gasteiger partial charge is 0.278 e. The van der Waals surface area contributed by atoms with Crippen molar-refractivity contribution in [2.45, 2.75) is 25.9 Å². The molecule has 124 valence electrons. The molecule has 0 aromatic heterocycles. The van der Waals surface area contributed by atoms with Crippen LogP contribution in [0, 0.1) is 0 Å². The van der Waals surface area contributed by atoms with Crippen LogP contribution in [-0.4, -0.2) is 48.6 Å². The van der Waals surface area contributed by atoms with E-state index in [-0.39, 0.29) is 11.1 Å². The molecule has 0 atom stereocenters. The highest BCUT2D eigenvalue weighted by atomic mass is 35.5. The fraction of sp³-hybridized carbons (Fsp3) is 0.533. The number of nitrogens with zero attached hydrogens (tertiary/aromatic N) is 3. The maximum atomic E-state index is 12.7. The Morgan fingerprint density at radius 2 is 1.41 bits per heavy atom. The molecule has 1 amide bonds. The van der Waals surface area contributed by atoms with Crippen molar-refractivity contribution in [1.29, 1.82) is 0 Å². The lowest BCUT2D eigenvalue weighted by atomic mass is 10.2. The third kappa shape index (κ3) is 3.93. The smallest absolute Gasteiger partial charge is 0.267 e. The summed E-state index contributed by atoms with van der Waals surface area (Å²) >= 11 is 12.0. The van der Waals surface area contributed by atoms with Gasteiger partial charge in [-0.1, -0.05) is 44.0 Å². The molecule has 0 spiro atoms. The van der Waals surface area contributed by atoms with Gasteiger partial charge in [-0.15, -0.1) is 0 Å². The van der Waals surface area contributed by atoms with Crippen LogP contribution >= 0.6 is 30.6 Å². The number of benzene rings is 1. The van der Waals surface area contributed by atoms with Crippen LogP contribution in [0.2, 0.25) is 10.0 Å². The Hall–Kier alpha value is -0.380. The zero-order valence-electron chi connectivity index (χ0n) is 14.2. The third-order valence-corrected chi connectivity index (χ3v) is 8.28. The summed E-state index contributed by atoms with van der Waals surface area (Å²) < 4.78 is 8.74. The Balaban J connectivity index is 3.55. The van der Waals surface area contributed by atoms with Gasteiger partial charge in [0.05, 0.1) is 0 Å². The van der Waals surface area contributed by atoms with Gasteiger partial charge in [-0.25, -0.2) is 0 Å². The van der Waals surface area contributed by atoms with Crippen molar-refractivity contribution in [3.8, 4) is 0 Å². The summed E-state index contributed by atoms with van der Waals surface area (Å²) in [6.45, 7) is 6.30. The molecule has 0 heterocycles. The second kappa shape index (κ2) is 7.02. The van der Waals surface area contributed by atoms with Gasteiger partial charge in [-0.3, -0.25) is 14.1 Å². The van der Waals surface area contributed by atoms with Crippen LogP contribution < -0.4 is 0 Å². The van der Waals surface area contributed by atoms with E-state index in [2.05, 4.69) is 34.9 Å². The molecule has 0 aliphatic rings. The second-order valence-electron chi connectivity index (χ2n) is 6.50. The lowest BCUT2D eigenvalue weighted by molar-refractivity contribution is 0.100. The maximum Gasteiger partial charge on any atom is 0.278 e. The first-order chi connectivity index (χ1) is 9.91. The van der Waals surface area contributed by atoms with E-state index in [0.29, 0.717) is 15.6 Å². The molecule has 0 aliphatic heterocycles. The fourth-order valence-electron chi connectivity index (χ4n) is 2.75. The summed E-state index contributed by atoms with van der Waals surface area (Å²) in [6.07, 6.45) is 0. The summed E-state index contributed by atoms with van der Waals surface area (Å²) in [7, 11) is 5.62.